The largest absolute Gasteiger partial charge is 0.508 e. The Kier molecular flexibility index (Phi) is 4.64. The van der Waals surface area contributed by atoms with E-state index in [1.54, 1.807) is 12.1 Å². The van der Waals surface area contributed by atoms with Gasteiger partial charge in [-0.1, -0.05) is 26.0 Å². The second kappa shape index (κ2) is 6.71. The van der Waals surface area contributed by atoms with Gasteiger partial charge in [0.2, 0.25) is 0 Å². The third-order valence-electron chi connectivity index (χ3n) is 4.46. The highest BCUT2D eigenvalue weighted by Crippen LogP contribution is 2.34. The van der Waals surface area contributed by atoms with Gasteiger partial charge in [-0.2, -0.15) is 0 Å². The Morgan fingerprint density at radius 3 is 2.33 bits per heavy atom. The first kappa shape index (κ1) is 16.6. The number of aromatic hydroxyl groups is 2. The van der Waals surface area contributed by atoms with Crippen molar-refractivity contribution >= 4 is 0 Å². The second-order valence-electron chi connectivity index (χ2n) is 6.60. The number of phenols is 2. The summed E-state index contributed by atoms with van der Waals surface area (Å²) in [5.74, 6) is 1.36. The SMILES string of the molecule is CC(C)c1ccc(OC2C(C)NNC2c2ccc(O)cc2O)cc1. The lowest BCUT2D eigenvalue weighted by Gasteiger charge is -2.23. The summed E-state index contributed by atoms with van der Waals surface area (Å²) >= 11 is 0. The van der Waals surface area contributed by atoms with E-state index >= 15 is 0 Å². The summed E-state index contributed by atoms with van der Waals surface area (Å²) < 4.78 is 6.18. The minimum Gasteiger partial charge on any atom is -0.508 e. The molecular formula is C19H24N2O3. The smallest absolute Gasteiger partial charge is 0.136 e. The Morgan fingerprint density at radius 2 is 1.71 bits per heavy atom. The monoisotopic (exact) mass is 328 g/mol. The first-order valence-corrected chi connectivity index (χ1v) is 8.25. The van der Waals surface area contributed by atoms with E-state index < -0.39 is 0 Å². The van der Waals surface area contributed by atoms with Gasteiger partial charge in [-0.3, -0.25) is 5.43 Å². The molecule has 2 aromatic carbocycles. The van der Waals surface area contributed by atoms with Crippen molar-refractivity contribution in [3.05, 3.63) is 53.6 Å². The summed E-state index contributed by atoms with van der Waals surface area (Å²) in [5.41, 5.74) is 8.29. The van der Waals surface area contributed by atoms with Crippen LogP contribution in [0.15, 0.2) is 42.5 Å². The fraction of sp³-hybridized carbons (Fsp3) is 0.368. The zero-order chi connectivity index (χ0) is 17.3. The molecule has 0 bridgehead atoms. The molecule has 0 amide bonds. The van der Waals surface area contributed by atoms with Crippen LogP contribution < -0.4 is 15.6 Å². The van der Waals surface area contributed by atoms with Gasteiger partial charge in [0.1, 0.15) is 23.4 Å². The van der Waals surface area contributed by atoms with E-state index in [-0.39, 0.29) is 29.7 Å². The highest BCUT2D eigenvalue weighted by atomic mass is 16.5. The molecule has 1 aliphatic rings. The summed E-state index contributed by atoms with van der Waals surface area (Å²) in [6.45, 7) is 6.34. The molecule has 3 unspecified atom stereocenters. The Balaban J connectivity index is 1.81. The number of ether oxygens (including phenoxy) is 1. The molecule has 1 saturated heterocycles. The molecule has 0 radical (unpaired) electrons. The number of rotatable bonds is 4. The molecular weight excluding hydrogens is 304 g/mol. The molecule has 0 saturated carbocycles. The van der Waals surface area contributed by atoms with E-state index in [1.165, 1.54) is 11.6 Å². The van der Waals surface area contributed by atoms with E-state index in [0.717, 1.165) is 5.75 Å². The normalized spacial score (nSPS) is 23.6. The summed E-state index contributed by atoms with van der Waals surface area (Å²) in [6, 6.07) is 12.6. The van der Waals surface area contributed by atoms with Crippen LogP contribution in [0.4, 0.5) is 0 Å². The van der Waals surface area contributed by atoms with E-state index in [2.05, 4.69) is 36.8 Å². The van der Waals surface area contributed by atoms with Gasteiger partial charge in [0, 0.05) is 11.6 Å². The van der Waals surface area contributed by atoms with Gasteiger partial charge in [-0.05, 0) is 42.7 Å². The maximum Gasteiger partial charge on any atom is 0.136 e. The Bertz CT molecular complexity index is 700. The molecule has 1 aliphatic heterocycles. The zero-order valence-electron chi connectivity index (χ0n) is 14.2. The van der Waals surface area contributed by atoms with Crippen LogP contribution in [0.25, 0.3) is 0 Å². The molecule has 128 valence electrons. The van der Waals surface area contributed by atoms with Crippen LogP contribution in [0.1, 0.15) is 43.9 Å². The van der Waals surface area contributed by atoms with E-state index in [0.29, 0.717) is 11.5 Å². The number of hydrazine groups is 1. The number of benzene rings is 2. The van der Waals surface area contributed by atoms with Crippen LogP contribution in [0.5, 0.6) is 17.2 Å². The Morgan fingerprint density at radius 1 is 1.00 bits per heavy atom. The molecule has 3 rings (SSSR count). The van der Waals surface area contributed by atoms with Gasteiger partial charge >= 0.3 is 0 Å². The van der Waals surface area contributed by atoms with Gasteiger partial charge in [0.25, 0.3) is 0 Å². The average Bonchev–Trinajstić information content (AvgIpc) is 2.89. The van der Waals surface area contributed by atoms with Gasteiger partial charge in [0.15, 0.2) is 0 Å². The predicted molar refractivity (Wildman–Crippen MR) is 93.2 cm³/mol. The van der Waals surface area contributed by atoms with E-state index in [1.807, 2.05) is 19.1 Å². The van der Waals surface area contributed by atoms with Gasteiger partial charge < -0.3 is 14.9 Å². The molecule has 0 aromatic heterocycles. The fourth-order valence-electron chi connectivity index (χ4n) is 2.98. The summed E-state index contributed by atoms with van der Waals surface area (Å²) in [5, 5.41) is 19.6. The summed E-state index contributed by atoms with van der Waals surface area (Å²) in [4.78, 5) is 0. The van der Waals surface area contributed by atoms with Crippen LogP contribution in [-0.2, 0) is 0 Å². The van der Waals surface area contributed by atoms with Crippen molar-refractivity contribution < 1.29 is 14.9 Å². The van der Waals surface area contributed by atoms with Crippen LogP contribution in [-0.4, -0.2) is 22.4 Å². The van der Waals surface area contributed by atoms with Gasteiger partial charge in [0.05, 0.1) is 12.1 Å². The fourth-order valence-corrected chi connectivity index (χ4v) is 2.98. The molecule has 3 atom stereocenters. The number of hydrogen-bond acceptors (Lipinski definition) is 5. The molecule has 0 spiro atoms. The highest BCUT2D eigenvalue weighted by Gasteiger charge is 2.37. The van der Waals surface area contributed by atoms with Crippen LogP contribution in [0.2, 0.25) is 0 Å². The van der Waals surface area contributed by atoms with Crippen molar-refractivity contribution in [1.29, 1.82) is 0 Å². The minimum absolute atomic E-state index is 0.0389. The topological polar surface area (TPSA) is 73.8 Å². The second-order valence-corrected chi connectivity index (χ2v) is 6.60. The standard InChI is InChI=1S/C19H24N2O3/c1-11(2)13-4-7-15(8-5-13)24-19-12(3)20-21-18(19)16-9-6-14(22)10-17(16)23/h4-12,18-23H,1-3H3. The molecule has 24 heavy (non-hydrogen) atoms. The maximum absolute atomic E-state index is 10.1. The number of phenolic OH excluding ortho intramolecular Hbond substituents is 2. The first-order chi connectivity index (χ1) is 11.5. The lowest BCUT2D eigenvalue weighted by atomic mass is 9.98. The van der Waals surface area contributed by atoms with Crippen LogP contribution in [0.3, 0.4) is 0 Å². The lowest BCUT2D eigenvalue weighted by Crippen LogP contribution is -2.33. The van der Waals surface area contributed by atoms with E-state index in [4.69, 9.17) is 4.74 Å². The third kappa shape index (κ3) is 3.32. The molecule has 1 heterocycles. The van der Waals surface area contributed by atoms with E-state index in [9.17, 15) is 10.2 Å². The van der Waals surface area contributed by atoms with Crippen LogP contribution >= 0.6 is 0 Å². The summed E-state index contributed by atoms with van der Waals surface area (Å²) in [7, 11) is 0. The van der Waals surface area contributed by atoms with Crippen molar-refractivity contribution in [1.82, 2.24) is 10.9 Å². The van der Waals surface area contributed by atoms with Crippen molar-refractivity contribution in [2.45, 2.75) is 44.9 Å². The Hall–Kier alpha value is -2.24. The molecule has 0 aliphatic carbocycles. The third-order valence-corrected chi connectivity index (χ3v) is 4.46. The zero-order valence-corrected chi connectivity index (χ0v) is 14.2. The first-order valence-electron chi connectivity index (χ1n) is 8.25. The predicted octanol–water partition coefficient (Wildman–Crippen LogP) is 3.21. The highest BCUT2D eigenvalue weighted by molar-refractivity contribution is 5.42. The van der Waals surface area contributed by atoms with Gasteiger partial charge in [-0.25, -0.2) is 5.43 Å². The van der Waals surface area contributed by atoms with Crippen molar-refractivity contribution in [3.63, 3.8) is 0 Å². The molecule has 4 N–H and O–H groups in total. The summed E-state index contributed by atoms with van der Waals surface area (Å²) in [6.07, 6.45) is -0.189. The Labute approximate surface area is 142 Å². The van der Waals surface area contributed by atoms with Crippen molar-refractivity contribution in [3.8, 4) is 17.2 Å². The molecule has 1 fully saturated rings. The molecule has 5 heteroatoms. The number of nitrogens with one attached hydrogen (secondary N) is 2. The van der Waals surface area contributed by atoms with Gasteiger partial charge in [-0.15, -0.1) is 0 Å². The average molecular weight is 328 g/mol. The maximum atomic E-state index is 10.1. The van der Waals surface area contributed by atoms with Crippen molar-refractivity contribution in [2.75, 3.05) is 0 Å². The minimum atomic E-state index is -0.217. The number of hydrogen-bond donors (Lipinski definition) is 4. The quantitative estimate of drug-likeness (QED) is 0.693. The van der Waals surface area contributed by atoms with Crippen molar-refractivity contribution in [2.24, 2.45) is 0 Å². The van der Waals surface area contributed by atoms with Crippen LogP contribution in [0, 0.1) is 0 Å². The molecule has 5 nitrogen and oxygen atoms in total. The lowest BCUT2D eigenvalue weighted by molar-refractivity contribution is 0.170. The molecule has 2 aromatic rings.